The molecule has 1 unspecified atom stereocenters. The van der Waals surface area contributed by atoms with Crippen LogP contribution in [0.15, 0.2) is 18.2 Å². The van der Waals surface area contributed by atoms with E-state index in [9.17, 15) is 4.79 Å². The topological polar surface area (TPSA) is 79.3 Å². The van der Waals surface area contributed by atoms with E-state index in [1.54, 1.807) is 30.1 Å². The number of nitriles is 1. The number of esters is 1. The minimum atomic E-state index is -0.436. The number of benzene rings is 1. The lowest BCUT2D eigenvalue weighted by Gasteiger charge is -2.24. The van der Waals surface area contributed by atoms with Gasteiger partial charge in [0.05, 0.1) is 36.0 Å². The third-order valence-electron chi connectivity index (χ3n) is 2.62. The van der Waals surface area contributed by atoms with Crippen molar-refractivity contribution in [1.82, 2.24) is 0 Å². The molecule has 0 heterocycles. The lowest BCUT2D eigenvalue weighted by atomic mass is 10.1. The predicted molar refractivity (Wildman–Crippen MR) is 70.2 cm³/mol. The highest BCUT2D eigenvalue weighted by Crippen LogP contribution is 2.28. The van der Waals surface area contributed by atoms with Crippen LogP contribution in [0.5, 0.6) is 0 Å². The second-order valence-corrected chi connectivity index (χ2v) is 4.15. The van der Waals surface area contributed by atoms with E-state index in [0.29, 0.717) is 23.5 Å². The fraction of sp³-hybridized carbons (Fsp3) is 0.385. The molecular weight excluding hydrogens is 230 g/mol. The van der Waals surface area contributed by atoms with E-state index in [-0.39, 0.29) is 5.92 Å². The van der Waals surface area contributed by atoms with E-state index in [0.717, 1.165) is 0 Å². The van der Waals surface area contributed by atoms with Gasteiger partial charge in [-0.1, -0.05) is 6.07 Å². The lowest BCUT2D eigenvalue weighted by molar-refractivity contribution is 0.0601. The largest absolute Gasteiger partial charge is 0.465 e. The SMILES string of the molecule is COC(=O)c1cccc(N)c1N(C)CC(C)C#N. The van der Waals surface area contributed by atoms with Crippen LogP contribution in [0.1, 0.15) is 17.3 Å². The second kappa shape index (κ2) is 5.92. The lowest BCUT2D eigenvalue weighted by Crippen LogP contribution is -2.26. The molecule has 0 fully saturated rings. The van der Waals surface area contributed by atoms with Gasteiger partial charge in [0.25, 0.3) is 0 Å². The van der Waals surface area contributed by atoms with Crippen LogP contribution in [-0.2, 0) is 4.74 Å². The van der Waals surface area contributed by atoms with E-state index in [1.165, 1.54) is 7.11 Å². The number of nitrogens with two attached hydrogens (primary N) is 1. The fourth-order valence-electron chi connectivity index (χ4n) is 1.80. The van der Waals surface area contributed by atoms with E-state index >= 15 is 0 Å². The van der Waals surface area contributed by atoms with Crippen molar-refractivity contribution in [3.05, 3.63) is 23.8 Å². The van der Waals surface area contributed by atoms with Crippen LogP contribution >= 0.6 is 0 Å². The van der Waals surface area contributed by atoms with Crippen LogP contribution < -0.4 is 10.6 Å². The van der Waals surface area contributed by atoms with Crippen molar-refractivity contribution in [1.29, 1.82) is 5.26 Å². The Balaban J connectivity index is 3.14. The summed E-state index contributed by atoms with van der Waals surface area (Å²) < 4.78 is 4.73. The molecule has 0 saturated carbocycles. The first-order valence-corrected chi connectivity index (χ1v) is 5.58. The molecule has 0 aliphatic rings. The molecule has 1 aromatic carbocycles. The van der Waals surface area contributed by atoms with Gasteiger partial charge in [-0.3, -0.25) is 0 Å². The quantitative estimate of drug-likeness (QED) is 0.646. The molecule has 0 amide bonds. The monoisotopic (exact) mass is 247 g/mol. The predicted octanol–water partition coefficient (Wildman–Crippen LogP) is 1.65. The Labute approximate surface area is 107 Å². The van der Waals surface area contributed by atoms with Crippen molar-refractivity contribution in [2.45, 2.75) is 6.92 Å². The molecule has 1 atom stereocenters. The third-order valence-corrected chi connectivity index (χ3v) is 2.62. The summed E-state index contributed by atoms with van der Waals surface area (Å²) >= 11 is 0. The molecule has 96 valence electrons. The third kappa shape index (κ3) is 2.92. The summed E-state index contributed by atoms with van der Waals surface area (Å²) in [6, 6.07) is 7.23. The number of nitrogens with zero attached hydrogens (tertiary/aromatic N) is 2. The molecule has 1 aromatic rings. The molecule has 0 aliphatic heterocycles. The standard InChI is InChI=1S/C13H17N3O2/c1-9(7-14)8-16(2)12-10(13(17)18-3)5-4-6-11(12)15/h4-6,9H,8,15H2,1-3H3. The number of hydrogen-bond acceptors (Lipinski definition) is 5. The van der Waals surface area contributed by atoms with Gasteiger partial charge in [0, 0.05) is 13.6 Å². The molecule has 0 spiro atoms. The Bertz CT molecular complexity index is 480. The van der Waals surface area contributed by atoms with Gasteiger partial charge in [-0.05, 0) is 19.1 Å². The molecule has 0 aromatic heterocycles. The number of nitrogen functional groups attached to an aromatic ring is 1. The number of anilines is 2. The first-order valence-electron chi connectivity index (χ1n) is 5.58. The van der Waals surface area contributed by atoms with Crippen molar-refractivity contribution in [2.24, 2.45) is 5.92 Å². The van der Waals surface area contributed by atoms with Crippen LogP contribution in [0.25, 0.3) is 0 Å². The normalized spacial score (nSPS) is 11.4. The van der Waals surface area contributed by atoms with Gasteiger partial charge in [-0.2, -0.15) is 5.26 Å². The number of carbonyl (C=O) groups is 1. The highest BCUT2D eigenvalue weighted by Gasteiger charge is 2.18. The summed E-state index contributed by atoms with van der Waals surface area (Å²) in [6.07, 6.45) is 0. The zero-order valence-electron chi connectivity index (χ0n) is 10.8. The average molecular weight is 247 g/mol. The number of para-hydroxylation sites is 1. The molecule has 0 aliphatic carbocycles. The Hall–Kier alpha value is -2.22. The highest BCUT2D eigenvalue weighted by molar-refractivity contribution is 5.99. The van der Waals surface area contributed by atoms with E-state index in [2.05, 4.69) is 6.07 Å². The summed E-state index contributed by atoms with van der Waals surface area (Å²) in [7, 11) is 3.12. The Morgan fingerprint density at radius 1 is 1.61 bits per heavy atom. The summed E-state index contributed by atoms with van der Waals surface area (Å²) in [6.45, 7) is 2.31. The Morgan fingerprint density at radius 2 is 2.28 bits per heavy atom. The van der Waals surface area contributed by atoms with Gasteiger partial charge in [-0.15, -0.1) is 0 Å². The fourth-order valence-corrected chi connectivity index (χ4v) is 1.80. The maximum absolute atomic E-state index is 11.7. The summed E-state index contributed by atoms with van der Waals surface area (Å²) in [4.78, 5) is 13.5. The maximum atomic E-state index is 11.7. The van der Waals surface area contributed by atoms with Gasteiger partial charge in [0.2, 0.25) is 0 Å². The summed E-state index contributed by atoms with van der Waals surface area (Å²) in [5.74, 6) is -0.589. The van der Waals surface area contributed by atoms with E-state index in [1.807, 2.05) is 6.92 Å². The minimum Gasteiger partial charge on any atom is -0.465 e. The van der Waals surface area contributed by atoms with Gasteiger partial charge < -0.3 is 15.4 Å². The first kappa shape index (κ1) is 13.8. The molecule has 2 N–H and O–H groups in total. The van der Waals surface area contributed by atoms with Crippen LogP contribution in [0, 0.1) is 17.2 Å². The zero-order valence-corrected chi connectivity index (χ0v) is 10.8. The zero-order chi connectivity index (χ0) is 13.7. The highest BCUT2D eigenvalue weighted by atomic mass is 16.5. The van der Waals surface area contributed by atoms with Gasteiger partial charge in [-0.25, -0.2) is 4.79 Å². The van der Waals surface area contributed by atoms with Crippen LogP contribution in [-0.4, -0.2) is 26.7 Å². The van der Waals surface area contributed by atoms with E-state index in [4.69, 9.17) is 15.7 Å². The number of rotatable bonds is 4. The maximum Gasteiger partial charge on any atom is 0.340 e. The minimum absolute atomic E-state index is 0.153. The van der Waals surface area contributed by atoms with Gasteiger partial charge in [0.1, 0.15) is 0 Å². The number of ether oxygens (including phenoxy) is 1. The van der Waals surface area contributed by atoms with Crippen LogP contribution in [0.2, 0.25) is 0 Å². The molecule has 0 saturated heterocycles. The van der Waals surface area contributed by atoms with Gasteiger partial charge >= 0.3 is 5.97 Å². The molecule has 1 rings (SSSR count). The second-order valence-electron chi connectivity index (χ2n) is 4.15. The molecule has 18 heavy (non-hydrogen) atoms. The number of hydrogen-bond donors (Lipinski definition) is 1. The Kier molecular flexibility index (Phi) is 4.55. The van der Waals surface area contributed by atoms with Crippen LogP contribution in [0.3, 0.4) is 0 Å². The van der Waals surface area contributed by atoms with Crippen molar-refractivity contribution in [3.63, 3.8) is 0 Å². The molecule has 0 radical (unpaired) electrons. The number of carbonyl (C=O) groups excluding carboxylic acids is 1. The Morgan fingerprint density at radius 3 is 2.83 bits per heavy atom. The smallest absolute Gasteiger partial charge is 0.340 e. The van der Waals surface area contributed by atoms with Crippen molar-refractivity contribution >= 4 is 17.3 Å². The van der Waals surface area contributed by atoms with Crippen molar-refractivity contribution in [2.75, 3.05) is 31.3 Å². The van der Waals surface area contributed by atoms with Crippen LogP contribution in [0.4, 0.5) is 11.4 Å². The van der Waals surface area contributed by atoms with E-state index < -0.39 is 5.97 Å². The molecular formula is C13H17N3O2. The van der Waals surface area contributed by atoms with Crippen molar-refractivity contribution < 1.29 is 9.53 Å². The number of methoxy groups -OCH3 is 1. The molecule has 5 nitrogen and oxygen atoms in total. The van der Waals surface area contributed by atoms with Crippen molar-refractivity contribution in [3.8, 4) is 6.07 Å². The average Bonchev–Trinajstić information content (AvgIpc) is 2.36. The summed E-state index contributed by atoms with van der Waals surface area (Å²) in [5.41, 5.74) is 7.40. The molecule has 0 bridgehead atoms. The first-order chi connectivity index (χ1) is 8.51. The molecule has 5 heteroatoms. The summed E-state index contributed by atoms with van der Waals surface area (Å²) in [5, 5.41) is 8.82. The van der Waals surface area contributed by atoms with Gasteiger partial charge in [0.15, 0.2) is 0 Å².